The fourth-order valence-corrected chi connectivity index (χ4v) is 1.74. The Bertz CT molecular complexity index is 249. The molecule has 0 aromatic carbocycles. The predicted molar refractivity (Wildman–Crippen MR) is 62.5 cm³/mol. The highest BCUT2D eigenvalue weighted by Gasteiger charge is 2.21. The molecule has 1 saturated heterocycles. The molecule has 0 saturated carbocycles. The summed E-state index contributed by atoms with van der Waals surface area (Å²) in [5.41, 5.74) is 0. The molecule has 5 heteroatoms. The molecule has 1 N–H and O–H groups in total. The lowest BCUT2D eigenvalue weighted by Gasteiger charge is -2.21. The van der Waals surface area contributed by atoms with E-state index in [2.05, 4.69) is 5.32 Å². The molecule has 1 fully saturated rings. The van der Waals surface area contributed by atoms with E-state index in [1.54, 1.807) is 6.92 Å². The second-order valence-electron chi connectivity index (χ2n) is 4.05. The van der Waals surface area contributed by atoms with E-state index in [4.69, 9.17) is 9.47 Å². The van der Waals surface area contributed by atoms with Crippen LogP contribution in [-0.4, -0.2) is 37.7 Å². The zero-order chi connectivity index (χ0) is 12.5. The molecule has 1 amide bonds. The Hall–Kier alpha value is -1.10. The third kappa shape index (κ3) is 5.68. The summed E-state index contributed by atoms with van der Waals surface area (Å²) < 4.78 is 10.1. The summed E-state index contributed by atoms with van der Waals surface area (Å²) in [5.74, 6) is -0.274. The van der Waals surface area contributed by atoms with Crippen molar-refractivity contribution in [2.24, 2.45) is 0 Å². The van der Waals surface area contributed by atoms with Crippen LogP contribution >= 0.6 is 0 Å². The van der Waals surface area contributed by atoms with E-state index < -0.39 is 0 Å². The Morgan fingerprint density at radius 2 is 2.24 bits per heavy atom. The third-order valence-electron chi connectivity index (χ3n) is 2.63. The maximum Gasteiger partial charge on any atom is 0.305 e. The van der Waals surface area contributed by atoms with Crippen molar-refractivity contribution in [1.29, 1.82) is 0 Å². The molecule has 0 radical (unpaired) electrons. The SMILES string of the molecule is CCOC(=O)CCCNC(=O)C1CCCCO1. The number of esters is 1. The standard InChI is InChI=1S/C12H21NO4/c1-2-16-11(14)7-5-8-13-12(15)10-6-3-4-9-17-10/h10H,2-9H2,1H3,(H,13,15). The van der Waals surface area contributed by atoms with E-state index in [1.165, 1.54) is 0 Å². The largest absolute Gasteiger partial charge is 0.466 e. The molecule has 0 aromatic heterocycles. The van der Waals surface area contributed by atoms with Crippen molar-refractivity contribution in [2.45, 2.75) is 45.1 Å². The first-order valence-corrected chi connectivity index (χ1v) is 6.29. The molecule has 1 aliphatic rings. The number of hydrogen-bond acceptors (Lipinski definition) is 4. The van der Waals surface area contributed by atoms with Gasteiger partial charge in [-0.2, -0.15) is 0 Å². The molecule has 0 bridgehead atoms. The van der Waals surface area contributed by atoms with Crippen LogP contribution in [-0.2, 0) is 19.1 Å². The van der Waals surface area contributed by atoms with Crippen molar-refractivity contribution in [3.05, 3.63) is 0 Å². The lowest BCUT2D eigenvalue weighted by molar-refractivity contribution is -0.143. The first kappa shape index (κ1) is 14.0. The van der Waals surface area contributed by atoms with Gasteiger partial charge >= 0.3 is 5.97 Å². The lowest BCUT2D eigenvalue weighted by Crippen LogP contribution is -2.38. The number of carbonyl (C=O) groups is 2. The van der Waals surface area contributed by atoms with E-state index in [1.807, 2.05) is 0 Å². The van der Waals surface area contributed by atoms with Gasteiger partial charge in [-0.25, -0.2) is 0 Å². The summed E-state index contributed by atoms with van der Waals surface area (Å²) in [4.78, 5) is 22.6. The molecule has 1 atom stereocenters. The fourth-order valence-electron chi connectivity index (χ4n) is 1.74. The second-order valence-corrected chi connectivity index (χ2v) is 4.05. The van der Waals surface area contributed by atoms with E-state index in [0.717, 1.165) is 19.3 Å². The number of ether oxygens (including phenoxy) is 2. The first-order valence-electron chi connectivity index (χ1n) is 6.29. The highest BCUT2D eigenvalue weighted by molar-refractivity contribution is 5.80. The van der Waals surface area contributed by atoms with Gasteiger partial charge in [0.1, 0.15) is 6.10 Å². The molecule has 1 rings (SSSR count). The topological polar surface area (TPSA) is 64.6 Å². The lowest BCUT2D eigenvalue weighted by atomic mass is 10.1. The summed E-state index contributed by atoms with van der Waals surface area (Å²) in [6.07, 6.45) is 3.53. The summed E-state index contributed by atoms with van der Waals surface area (Å²) in [5, 5.41) is 2.78. The van der Waals surface area contributed by atoms with E-state index >= 15 is 0 Å². The maximum absolute atomic E-state index is 11.6. The number of amides is 1. The van der Waals surface area contributed by atoms with Gasteiger partial charge in [0.2, 0.25) is 5.91 Å². The van der Waals surface area contributed by atoms with Crippen molar-refractivity contribution >= 4 is 11.9 Å². The van der Waals surface area contributed by atoms with Crippen LogP contribution < -0.4 is 5.32 Å². The minimum atomic E-state index is -0.300. The smallest absolute Gasteiger partial charge is 0.305 e. The average molecular weight is 243 g/mol. The van der Waals surface area contributed by atoms with Gasteiger partial charge in [0.15, 0.2) is 0 Å². The molecule has 1 unspecified atom stereocenters. The third-order valence-corrected chi connectivity index (χ3v) is 2.63. The highest BCUT2D eigenvalue weighted by Crippen LogP contribution is 2.12. The van der Waals surface area contributed by atoms with Crippen molar-refractivity contribution in [3.63, 3.8) is 0 Å². The molecule has 0 spiro atoms. The minimum absolute atomic E-state index is 0.0615. The minimum Gasteiger partial charge on any atom is -0.466 e. The molecule has 0 aliphatic carbocycles. The van der Waals surface area contributed by atoms with Gasteiger partial charge in [-0.1, -0.05) is 0 Å². The van der Waals surface area contributed by atoms with Crippen LogP contribution in [0.4, 0.5) is 0 Å². The van der Waals surface area contributed by atoms with Crippen molar-refractivity contribution in [1.82, 2.24) is 5.32 Å². The second kappa shape index (κ2) is 8.06. The summed E-state index contributed by atoms with van der Waals surface area (Å²) in [7, 11) is 0. The van der Waals surface area contributed by atoms with Crippen molar-refractivity contribution < 1.29 is 19.1 Å². The Labute approximate surface area is 102 Å². The Balaban J connectivity index is 2.05. The molecule has 98 valence electrons. The monoisotopic (exact) mass is 243 g/mol. The first-order chi connectivity index (χ1) is 8.24. The van der Waals surface area contributed by atoms with Crippen LogP contribution in [0.1, 0.15) is 39.0 Å². The van der Waals surface area contributed by atoms with E-state index in [0.29, 0.717) is 32.6 Å². The highest BCUT2D eigenvalue weighted by atomic mass is 16.5. The average Bonchev–Trinajstić information content (AvgIpc) is 2.36. The zero-order valence-electron chi connectivity index (χ0n) is 10.4. The molecule has 17 heavy (non-hydrogen) atoms. The van der Waals surface area contributed by atoms with E-state index in [9.17, 15) is 9.59 Å². The molecule has 1 aliphatic heterocycles. The normalized spacial score (nSPS) is 19.7. The van der Waals surface area contributed by atoms with Gasteiger partial charge < -0.3 is 14.8 Å². The number of carbonyl (C=O) groups excluding carboxylic acids is 2. The quantitative estimate of drug-likeness (QED) is 0.558. The molecule has 1 heterocycles. The molecular weight excluding hydrogens is 222 g/mol. The predicted octanol–water partition coefficient (Wildman–Crippen LogP) is 1.01. The summed E-state index contributed by atoms with van der Waals surface area (Å²) in [6, 6.07) is 0. The molecule has 0 aromatic rings. The van der Waals surface area contributed by atoms with Gasteiger partial charge in [0.25, 0.3) is 0 Å². The van der Waals surface area contributed by atoms with Crippen molar-refractivity contribution in [2.75, 3.05) is 19.8 Å². The van der Waals surface area contributed by atoms with Crippen LogP contribution in [0.5, 0.6) is 0 Å². The van der Waals surface area contributed by atoms with Gasteiger partial charge in [-0.3, -0.25) is 9.59 Å². The summed E-state index contributed by atoms with van der Waals surface area (Å²) >= 11 is 0. The van der Waals surface area contributed by atoms with Gasteiger partial charge in [0, 0.05) is 19.6 Å². The van der Waals surface area contributed by atoms with Crippen LogP contribution in [0.15, 0.2) is 0 Å². The van der Waals surface area contributed by atoms with Crippen molar-refractivity contribution in [3.8, 4) is 0 Å². The maximum atomic E-state index is 11.6. The Morgan fingerprint density at radius 1 is 1.41 bits per heavy atom. The molecule has 5 nitrogen and oxygen atoms in total. The Morgan fingerprint density at radius 3 is 2.88 bits per heavy atom. The zero-order valence-corrected chi connectivity index (χ0v) is 10.4. The number of nitrogens with one attached hydrogen (secondary N) is 1. The van der Waals surface area contributed by atoms with Crippen LogP contribution in [0, 0.1) is 0 Å². The Kier molecular flexibility index (Phi) is 6.62. The van der Waals surface area contributed by atoms with E-state index in [-0.39, 0.29) is 18.0 Å². The van der Waals surface area contributed by atoms with Crippen LogP contribution in [0.25, 0.3) is 0 Å². The van der Waals surface area contributed by atoms with Gasteiger partial charge in [0.05, 0.1) is 6.61 Å². The molecular formula is C12H21NO4. The fraction of sp³-hybridized carbons (Fsp3) is 0.833. The number of hydrogen-bond donors (Lipinski definition) is 1. The van der Waals surface area contributed by atoms with Gasteiger partial charge in [-0.05, 0) is 32.6 Å². The number of rotatable bonds is 6. The van der Waals surface area contributed by atoms with Crippen LogP contribution in [0.2, 0.25) is 0 Å². The van der Waals surface area contributed by atoms with Gasteiger partial charge in [-0.15, -0.1) is 0 Å². The van der Waals surface area contributed by atoms with Crippen LogP contribution in [0.3, 0.4) is 0 Å². The summed E-state index contributed by atoms with van der Waals surface area (Å²) in [6.45, 7) is 3.35.